The van der Waals surface area contributed by atoms with Crippen molar-refractivity contribution in [1.29, 1.82) is 0 Å². The molecule has 1 unspecified atom stereocenters. The van der Waals surface area contributed by atoms with Crippen LogP contribution in [-0.4, -0.2) is 119 Å². The number of benzene rings is 2. The maximum atomic E-state index is 14.4. The van der Waals surface area contributed by atoms with Crippen molar-refractivity contribution in [2.24, 2.45) is 0 Å². The van der Waals surface area contributed by atoms with Crippen molar-refractivity contribution in [3.8, 4) is 22.8 Å². The molecule has 3 fully saturated rings. The Bertz CT molecular complexity index is 1670. The van der Waals surface area contributed by atoms with Crippen LogP contribution in [0, 0.1) is 5.82 Å². The lowest BCUT2D eigenvalue weighted by atomic mass is 9.91. The van der Waals surface area contributed by atoms with Crippen LogP contribution in [0.25, 0.3) is 11.1 Å². The molecule has 6 rings (SSSR count). The van der Waals surface area contributed by atoms with Gasteiger partial charge in [-0.15, -0.1) is 0 Å². The smallest absolute Gasteiger partial charge is 0.404 e. The van der Waals surface area contributed by atoms with E-state index in [-0.39, 0.29) is 36.2 Å². The van der Waals surface area contributed by atoms with Crippen LogP contribution < -0.4 is 15.4 Å². The predicted molar refractivity (Wildman–Crippen MR) is 195 cm³/mol. The van der Waals surface area contributed by atoms with Gasteiger partial charge in [-0.3, -0.25) is 19.5 Å². The van der Waals surface area contributed by atoms with Crippen LogP contribution in [0.5, 0.6) is 11.6 Å². The van der Waals surface area contributed by atoms with E-state index in [9.17, 15) is 19.1 Å². The third-order valence-electron chi connectivity index (χ3n) is 10.4. The third-order valence-corrected chi connectivity index (χ3v) is 10.4. The Kier molecular flexibility index (Phi) is 13.1. The molecule has 3 aromatic rings. The van der Waals surface area contributed by atoms with E-state index in [1.54, 1.807) is 6.07 Å². The molecule has 2 aliphatic heterocycles. The molecule has 1 aromatic heterocycles. The maximum absolute atomic E-state index is 14.4. The summed E-state index contributed by atoms with van der Waals surface area (Å²) in [6.07, 6.45) is 3.46. The van der Waals surface area contributed by atoms with Crippen molar-refractivity contribution in [1.82, 2.24) is 30.3 Å². The normalized spacial score (nSPS) is 22.0. The Balaban J connectivity index is 1.20. The Morgan fingerprint density at radius 3 is 2.50 bits per heavy atom. The second-order valence-corrected chi connectivity index (χ2v) is 14.2. The number of carbonyl (C=O) groups is 2. The fraction of sp³-hybridized carbons (Fsp3) is 0.513. The van der Waals surface area contributed by atoms with Crippen molar-refractivity contribution < 1.29 is 33.7 Å². The summed E-state index contributed by atoms with van der Waals surface area (Å²) in [6, 6.07) is 15.5. The number of ether oxygens (including phenoxy) is 2. The fourth-order valence-electron chi connectivity index (χ4n) is 7.51. The van der Waals surface area contributed by atoms with E-state index in [0.29, 0.717) is 44.6 Å². The van der Waals surface area contributed by atoms with Gasteiger partial charge >= 0.3 is 6.09 Å². The Morgan fingerprint density at radius 2 is 1.73 bits per heavy atom. The van der Waals surface area contributed by atoms with Crippen molar-refractivity contribution >= 4 is 12.0 Å². The third kappa shape index (κ3) is 10.3. The summed E-state index contributed by atoms with van der Waals surface area (Å²) in [4.78, 5) is 35.8. The van der Waals surface area contributed by atoms with Crippen LogP contribution in [0.4, 0.5) is 9.18 Å². The number of β-amino-alcohol motifs (C(OH)–C–C–N with tert-alkyl or cyclic N) is 1. The van der Waals surface area contributed by atoms with Gasteiger partial charge in [0.15, 0.2) is 0 Å². The molecular formula is C39H51FN6O6. The lowest BCUT2D eigenvalue weighted by Gasteiger charge is -2.34. The largest absolute Gasteiger partial charge is 0.465 e. The number of carboxylic acid groups (broad SMARTS) is 1. The molecule has 2 amide bonds. The highest BCUT2D eigenvalue weighted by atomic mass is 19.1. The van der Waals surface area contributed by atoms with Crippen LogP contribution in [0.2, 0.25) is 0 Å². The van der Waals surface area contributed by atoms with Gasteiger partial charge in [0.2, 0.25) is 5.88 Å². The van der Waals surface area contributed by atoms with E-state index >= 15 is 0 Å². The lowest BCUT2D eigenvalue weighted by molar-refractivity contribution is -0.00431. The highest BCUT2D eigenvalue weighted by Crippen LogP contribution is 2.32. The molecule has 1 saturated carbocycles. The zero-order valence-electron chi connectivity index (χ0n) is 29.9. The Labute approximate surface area is 304 Å². The zero-order chi connectivity index (χ0) is 36.5. The summed E-state index contributed by atoms with van der Waals surface area (Å²) in [7, 11) is 0. The number of pyridine rings is 1. The average Bonchev–Trinajstić information content (AvgIpc) is 3.35. The van der Waals surface area contributed by atoms with Crippen LogP contribution in [0.1, 0.15) is 60.5 Å². The number of aliphatic hydroxyl groups is 1. The molecule has 0 radical (unpaired) electrons. The molecule has 3 aliphatic rings. The second kappa shape index (κ2) is 18.1. The minimum atomic E-state index is -1.06. The van der Waals surface area contributed by atoms with Gasteiger partial charge in [-0.1, -0.05) is 30.3 Å². The van der Waals surface area contributed by atoms with Gasteiger partial charge in [0, 0.05) is 57.4 Å². The average molecular weight is 719 g/mol. The van der Waals surface area contributed by atoms with Gasteiger partial charge in [0.25, 0.3) is 5.91 Å². The van der Waals surface area contributed by atoms with Crippen molar-refractivity contribution in [2.45, 2.75) is 70.2 Å². The fourth-order valence-corrected chi connectivity index (χ4v) is 7.51. The number of morpholine rings is 1. The molecule has 2 saturated heterocycles. The number of nitrogens with zero attached hydrogens (tertiary/aromatic N) is 4. The number of halogens is 1. The monoisotopic (exact) mass is 718 g/mol. The number of hydrogen-bond donors (Lipinski definition) is 4. The van der Waals surface area contributed by atoms with Crippen molar-refractivity contribution in [3.63, 3.8) is 0 Å². The molecule has 12 nitrogen and oxygen atoms in total. The standard InChI is InChI=1S/C39H51FN6O6/c1-27-26-51-19-17-46(27)25-30-20-28(24-45-13-3-12-44(14-15-45)16-18-47)6-11-35(30)29-4-2-5-34(21-29)52-38-36(22-31(40)23-41-38)37(48)42-32-7-9-33(10-8-32)43-39(49)50/h2,4-6,11,20-23,27,32-33,43,47H,3,7-10,12-19,24-26H2,1H3,(H,42,48)(H,49,50). The number of nitrogens with one attached hydrogen (secondary N) is 2. The number of hydrogen-bond acceptors (Lipinski definition) is 9. The van der Waals surface area contributed by atoms with Crippen LogP contribution in [0.15, 0.2) is 54.7 Å². The van der Waals surface area contributed by atoms with Gasteiger partial charge in [-0.05, 0) is 92.6 Å². The van der Waals surface area contributed by atoms with Gasteiger partial charge in [0.05, 0.1) is 26.0 Å². The molecule has 280 valence electrons. The van der Waals surface area contributed by atoms with E-state index in [0.717, 1.165) is 82.2 Å². The zero-order valence-corrected chi connectivity index (χ0v) is 29.9. The van der Waals surface area contributed by atoms with Gasteiger partial charge < -0.3 is 30.3 Å². The molecule has 0 bridgehead atoms. The molecule has 4 N–H and O–H groups in total. The van der Waals surface area contributed by atoms with Gasteiger partial charge in [0.1, 0.15) is 17.1 Å². The van der Waals surface area contributed by atoms with Gasteiger partial charge in [-0.2, -0.15) is 0 Å². The van der Waals surface area contributed by atoms with E-state index in [2.05, 4.69) is 55.4 Å². The number of carbonyl (C=O) groups excluding carboxylic acids is 1. The summed E-state index contributed by atoms with van der Waals surface area (Å²) in [5, 5.41) is 23.9. The first-order chi connectivity index (χ1) is 25.2. The molecular weight excluding hydrogens is 667 g/mol. The minimum Gasteiger partial charge on any atom is -0.465 e. The maximum Gasteiger partial charge on any atom is 0.404 e. The van der Waals surface area contributed by atoms with Crippen molar-refractivity contribution in [3.05, 3.63) is 77.2 Å². The summed E-state index contributed by atoms with van der Waals surface area (Å²) >= 11 is 0. The summed E-state index contributed by atoms with van der Waals surface area (Å²) < 4.78 is 26.3. The summed E-state index contributed by atoms with van der Waals surface area (Å²) in [5.74, 6) is -0.663. The molecule has 13 heteroatoms. The topological polar surface area (TPSA) is 140 Å². The van der Waals surface area contributed by atoms with E-state index in [1.165, 1.54) is 11.1 Å². The highest BCUT2D eigenvalue weighted by Gasteiger charge is 2.26. The van der Waals surface area contributed by atoms with Crippen molar-refractivity contribution in [2.75, 3.05) is 59.1 Å². The van der Waals surface area contributed by atoms with E-state index in [4.69, 9.17) is 14.6 Å². The lowest BCUT2D eigenvalue weighted by Crippen LogP contribution is -2.43. The Hall–Kier alpha value is -4.14. The SMILES string of the molecule is CC1COCCN1Cc1cc(CN2CCCN(CCO)CC2)ccc1-c1cccc(Oc2ncc(F)cc2C(=O)NC2CCC(NC(=O)O)CC2)c1. The van der Waals surface area contributed by atoms with Gasteiger partial charge in [-0.25, -0.2) is 14.2 Å². The second-order valence-electron chi connectivity index (χ2n) is 14.2. The summed E-state index contributed by atoms with van der Waals surface area (Å²) in [6.45, 7) is 10.9. The van der Waals surface area contributed by atoms with Crippen LogP contribution >= 0.6 is 0 Å². The first kappa shape index (κ1) is 37.6. The molecule has 0 spiro atoms. The molecule has 52 heavy (non-hydrogen) atoms. The molecule has 3 heterocycles. The first-order valence-electron chi connectivity index (χ1n) is 18.5. The number of aliphatic hydroxyl groups excluding tert-OH is 1. The molecule has 2 aromatic carbocycles. The van der Waals surface area contributed by atoms with Crippen LogP contribution in [-0.2, 0) is 17.8 Å². The molecule has 1 aliphatic carbocycles. The molecule has 1 atom stereocenters. The van der Waals surface area contributed by atoms with Crippen LogP contribution in [0.3, 0.4) is 0 Å². The number of aromatic nitrogens is 1. The number of amides is 2. The van der Waals surface area contributed by atoms with E-state index < -0.39 is 17.8 Å². The highest BCUT2D eigenvalue weighted by molar-refractivity contribution is 5.96. The number of rotatable bonds is 12. The summed E-state index contributed by atoms with van der Waals surface area (Å²) in [5.41, 5.74) is 4.48. The van der Waals surface area contributed by atoms with E-state index in [1.807, 2.05) is 18.2 Å². The quantitative estimate of drug-likeness (QED) is 0.208. The minimum absolute atomic E-state index is 0.00414. The Morgan fingerprint density at radius 1 is 0.962 bits per heavy atom. The predicted octanol–water partition coefficient (Wildman–Crippen LogP) is 4.71. The first-order valence-corrected chi connectivity index (χ1v) is 18.5.